The van der Waals surface area contributed by atoms with Crippen LogP contribution >= 0.6 is 23.4 Å². The third-order valence-corrected chi connectivity index (χ3v) is 6.12. The zero-order chi connectivity index (χ0) is 23.2. The van der Waals surface area contributed by atoms with Crippen molar-refractivity contribution in [3.8, 4) is 11.4 Å². The first-order valence-electron chi connectivity index (χ1n) is 10.1. The monoisotopic (exact) mass is 484 g/mol. The average Bonchev–Trinajstić information content (AvgIpc) is 3.21. The Morgan fingerprint density at radius 2 is 1.76 bits per heavy atom. The lowest BCUT2D eigenvalue weighted by atomic mass is 10.1. The maximum Gasteiger partial charge on any atom is 0.234 e. The molecule has 168 valence electrons. The minimum Gasteiger partial charge on any atom is -0.324 e. The minimum atomic E-state index is -0.487. The van der Waals surface area contributed by atoms with Crippen molar-refractivity contribution < 1.29 is 13.6 Å². The highest BCUT2D eigenvalue weighted by atomic mass is 35.5. The van der Waals surface area contributed by atoms with Crippen LogP contribution in [0.3, 0.4) is 0 Å². The molecule has 0 saturated heterocycles. The van der Waals surface area contributed by atoms with E-state index in [1.807, 2.05) is 34.9 Å². The summed E-state index contributed by atoms with van der Waals surface area (Å²) < 4.78 is 29.5. The van der Waals surface area contributed by atoms with Crippen LogP contribution in [0.1, 0.15) is 5.56 Å². The van der Waals surface area contributed by atoms with Gasteiger partial charge in [0.25, 0.3) is 0 Å². The summed E-state index contributed by atoms with van der Waals surface area (Å²) in [7, 11) is 0. The molecule has 33 heavy (non-hydrogen) atoms. The lowest BCUT2D eigenvalue weighted by molar-refractivity contribution is -0.113. The SMILES string of the molecule is O=C(CSc1nnc(-c2ccccc2F)n1CCc1ccccc1)Nc1ccc(F)cc1Cl. The van der Waals surface area contributed by atoms with Gasteiger partial charge in [0.05, 0.1) is 22.0 Å². The third-order valence-electron chi connectivity index (χ3n) is 4.84. The molecule has 1 aromatic heterocycles. The van der Waals surface area contributed by atoms with E-state index in [1.165, 1.54) is 30.0 Å². The summed E-state index contributed by atoms with van der Waals surface area (Å²) in [6, 6.07) is 20.0. The molecule has 0 aliphatic carbocycles. The topological polar surface area (TPSA) is 59.8 Å². The molecule has 0 aliphatic rings. The minimum absolute atomic E-state index is 0.0223. The van der Waals surface area contributed by atoms with Crippen LogP contribution in [0.2, 0.25) is 5.02 Å². The number of benzene rings is 3. The highest BCUT2D eigenvalue weighted by Crippen LogP contribution is 2.27. The van der Waals surface area contributed by atoms with E-state index in [0.717, 1.165) is 11.6 Å². The fraction of sp³-hybridized carbons (Fsp3) is 0.125. The van der Waals surface area contributed by atoms with Gasteiger partial charge in [-0.25, -0.2) is 8.78 Å². The number of carbonyl (C=O) groups is 1. The van der Waals surface area contributed by atoms with Crippen molar-refractivity contribution >= 4 is 35.0 Å². The molecule has 0 radical (unpaired) electrons. The quantitative estimate of drug-likeness (QED) is 0.319. The van der Waals surface area contributed by atoms with Gasteiger partial charge in [0, 0.05) is 6.54 Å². The summed E-state index contributed by atoms with van der Waals surface area (Å²) in [6.45, 7) is 0.508. The Kier molecular flexibility index (Phi) is 7.36. The average molecular weight is 485 g/mol. The molecule has 0 atom stereocenters. The van der Waals surface area contributed by atoms with E-state index < -0.39 is 11.6 Å². The second-order valence-corrected chi connectivity index (χ2v) is 8.48. The molecule has 0 unspecified atom stereocenters. The summed E-state index contributed by atoms with van der Waals surface area (Å²) >= 11 is 7.16. The first kappa shape index (κ1) is 22.9. The normalized spacial score (nSPS) is 10.9. The Labute approximate surface area is 198 Å². The Hall–Kier alpha value is -3.23. The van der Waals surface area contributed by atoms with Crippen molar-refractivity contribution in [1.82, 2.24) is 14.8 Å². The van der Waals surface area contributed by atoms with Crippen LogP contribution in [0, 0.1) is 11.6 Å². The standard InChI is InChI=1S/C24H19ClF2N4OS/c25-19-14-17(26)10-11-21(19)28-22(32)15-33-24-30-29-23(18-8-4-5-9-20(18)27)31(24)13-12-16-6-2-1-3-7-16/h1-11,14H,12-13,15H2,(H,28,32). The van der Waals surface area contributed by atoms with E-state index in [1.54, 1.807) is 18.2 Å². The molecule has 1 amide bonds. The van der Waals surface area contributed by atoms with E-state index in [9.17, 15) is 13.6 Å². The summed E-state index contributed by atoms with van der Waals surface area (Å²) in [5.74, 6) is -0.799. The molecule has 5 nitrogen and oxygen atoms in total. The van der Waals surface area contributed by atoms with Crippen LogP contribution in [0.25, 0.3) is 11.4 Å². The van der Waals surface area contributed by atoms with Crippen molar-refractivity contribution in [3.05, 3.63) is 95.0 Å². The highest BCUT2D eigenvalue weighted by molar-refractivity contribution is 7.99. The number of hydrogen-bond acceptors (Lipinski definition) is 4. The second kappa shape index (κ2) is 10.6. The Bertz CT molecular complexity index is 1270. The van der Waals surface area contributed by atoms with Gasteiger partial charge in [-0.1, -0.05) is 65.8 Å². The maximum absolute atomic E-state index is 14.5. The molecule has 0 bridgehead atoms. The van der Waals surface area contributed by atoms with E-state index in [2.05, 4.69) is 15.5 Å². The van der Waals surface area contributed by atoms with Crippen LogP contribution in [-0.2, 0) is 17.8 Å². The molecule has 9 heteroatoms. The second-order valence-electron chi connectivity index (χ2n) is 7.13. The molecule has 1 heterocycles. The van der Waals surface area contributed by atoms with E-state index >= 15 is 0 Å². The van der Waals surface area contributed by atoms with Crippen LogP contribution in [-0.4, -0.2) is 26.4 Å². The molecule has 3 aromatic carbocycles. The van der Waals surface area contributed by atoms with Gasteiger partial charge in [-0.3, -0.25) is 4.79 Å². The number of carbonyl (C=O) groups excluding carboxylic acids is 1. The zero-order valence-corrected chi connectivity index (χ0v) is 18.9. The van der Waals surface area contributed by atoms with E-state index in [0.29, 0.717) is 35.2 Å². The van der Waals surface area contributed by atoms with Gasteiger partial charge in [-0.15, -0.1) is 10.2 Å². The molecule has 4 aromatic rings. The lowest BCUT2D eigenvalue weighted by Gasteiger charge is -2.11. The Balaban J connectivity index is 1.53. The zero-order valence-electron chi connectivity index (χ0n) is 17.3. The fourth-order valence-corrected chi connectivity index (χ4v) is 4.21. The van der Waals surface area contributed by atoms with Crippen molar-refractivity contribution in [1.29, 1.82) is 0 Å². The van der Waals surface area contributed by atoms with Gasteiger partial charge >= 0.3 is 0 Å². The molecule has 4 rings (SSSR count). The van der Waals surface area contributed by atoms with Crippen LogP contribution in [0.5, 0.6) is 0 Å². The number of rotatable bonds is 8. The highest BCUT2D eigenvalue weighted by Gasteiger charge is 2.18. The van der Waals surface area contributed by atoms with Crippen molar-refractivity contribution in [2.24, 2.45) is 0 Å². The molecule has 0 fully saturated rings. The third kappa shape index (κ3) is 5.77. The van der Waals surface area contributed by atoms with Gasteiger partial charge in [-0.05, 0) is 42.3 Å². The number of aromatic nitrogens is 3. The van der Waals surface area contributed by atoms with Crippen LogP contribution < -0.4 is 5.32 Å². The smallest absolute Gasteiger partial charge is 0.234 e. The first-order valence-corrected chi connectivity index (χ1v) is 11.5. The van der Waals surface area contributed by atoms with Crippen molar-refractivity contribution in [2.45, 2.75) is 18.1 Å². The number of nitrogens with zero attached hydrogens (tertiary/aromatic N) is 3. The number of thioether (sulfide) groups is 1. The molecular weight excluding hydrogens is 466 g/mol. The van der Waals surface area contributed by atoms with Gasteiger partial charge in [0.15, 0.2) is 11.0 Å². The summed E-state index contributed by atoms with van der Waals surface area (Å²) in [5.41, 5.74) is 1.78. The molecule has 0 spiro atoms. The van der Waals surface area contributed by atoms with Crippen LogP contribution in [0.15, 0.2) is 78.0 Å². The van der Waals surface area contributed by atoms with Gasteiger partial charge in [0.2, 0.25) is 5.91 Å². The number of halogens is 3. The van der Waals surface area contributed by atoms with Gasteiger partial charge in [0.1, 0.15) is 11.6 Å². The molecule has 0 saturated carbocycles. The predicted octanol–water partition coefficient (Wildman–Crippen LogP) is 5.85. The number of amides is 1. The van der Waals surface area contributed by atoms with Gasteiger partial charge < -0.3 is 9.88 Å². The molecule has 0 aliphatic heterocycles. The van der Waals surface area contributed by atoms with Crippen molar-refractivity contribution in [2.75, 3.05) is 11.1 Å². The van der Waals surface area contributed by atoms with E-state index in [4.69, 9.17) is 11.6 Å². The number of nitrogens with one attached hydrogen (secondary N) is 1. The summed E-state index contributed by atoms with van der Waals surface area (Å²) in [5, 5.41) is 11.7. The van der Waals surface area contributed by atoms with Gasteiger partial charge in [-0.2, -0.15) is 0 Å². The first-order chi connectivity index (χ1) is 16.0. The molecular formula is C24H19ClF2N4OS. The Morgan fingerprint density at radius 1 is 1.00 bits per heavy atom. The lowest BCUT2D eigenvalue weighted by Crippen LogP contribution is -2.15. The van der Waals surface area contributed by atoms with Crippen LogP contribution in [0.4, 0.5) is 14.5 Å². The maximum atomic E-state index is 14.5. The number of aryl methyl sites for hydroxylation is 1. The van der Waals surface area contributed by atoms with E-state index in [-0.39, 0.29) is 16.7 Å². The molecule has 1 N–H and O–H groups in total. The number of anilines is 1. The van der Waals surface area contributed by atoms with Crippen molar-refractivity contribution in [3.63, 3.8) is 0 Å². The fourth-order valence-electron chi connectivity index (χ4n) is 3.23. The largest absolute Gasteiger partial charge is 0.324 e. The number of hydrogen-bond donors (Lipinski definition) is 1. The Morgan fingerprint density at radius 3 is 2.52 bits per heavy atom. The summed E-state index contributed by atoms with van der Waals surface area (Å²) in [6.07, 6.45) is 0.686. The predicted molar refractivity (Wildman–Crippen MR) is 126 cm³/mol. The summed E-state index contributed by atoms with van der Waals surface area (Å²) in [4.78, 5) is 12.4.